The molecule has 0 bridgehead atoms. The van der Waals surface area contributed by atoms with Crippen LogP contribution in [0.2, 0.25) is 0 Å². The Balaban J connectivity index is 2.42. The first-order chi connectivity index (χ1) is 8.59. The Labute approximate surface area is 102 Å². The highest BCUT2D eigenvalue weighted by atomic mass is 16.2. The zero-order chi connectivity index (χ0) is 13.1. The van der Waals surface area contributed by atoms with Gasteiger partial charge in [-0.15, -0.1) is 0 Å². The van der Waals surface area contributed by atoms with Gasteiger partial charge in [0.1, 0.15) is 0 Å². The summed E-state index contributed by atoms with van der Waals surface area (Å²) in [5, 5.41) is 3.00. The molecule has 1 heterocycles. The third-order valence-corrected chi connectivity index (χ3v) is 2.60. The Hall–Kier alpha value is -2.37. The average molecular weight is 247 g/mol. The fraction of sp³-hybridized carbons (Fsp3) is 0.250. The first-order valence-corrected chi connectivity index (χ1v) is 5.56. The number of carbonyl (C=O) groups is 1. The van der Waals surface area contributed by atoms with E-state index in [1.165, 1.54) is 6.92 Å². The van der Waals surface area contributed by atoms with Gasteiger partial charge in [0.15, 0.2) is 0 Å². The van der Waals surface area contributed by atoms with Crippen molar-refractivity contribution >= 4 is 16.8 Å². The molecule has 1 amide bonds. The number of hydrogen-bond donors (Lipinski definition) is 2. The summed E-state index contributed by atoms with van der Waals surface area (Å²) in [5.74, 6) is -0.194. The Kier molecular flexibility index (Phi) is 3.27. The Bertz CT molecular complexity index is 700. The van der Waals surface area contributed by atoms with Gasteiger partial charge in [0.2, 0.25) is 5.91 Å². The summed E-state index contributed by atoms with van der Waals surface area (Å²) in [6.45, 7) is 1.78. The van der Waals surface area contributed by atoms with E-state index < -0.39 is 5.69 Å². The molecular formula is C12H13N3O3. The fourth-order valence-electron chi connectivity index (χ4n) is 1.75. The number of hydrogen-bond acceptors (Lipinski definition) is 3. The summed E-state index contributed by atoms with van der Waals surface area (Å²) in [6.07, 6.45) is 0. The number of fused-ring (bicyclic) bond motifs is 1. The number of para-hydroxylation sites is 1. The van der Waals surface area contributed by atoms with Gasteiger partial charge >= 0.3 is 5.69 Å². The van der Waals surface area contributed by atoms with Crippen molar-refractivity contribution in [1.29, 1.82) is 0 Å². The molecule has 0 spiro atoms. The van der Waals surface area contributed by atoms with Crippen LogP contribution in [0.4, 0.5) is 0 Å². The number of nitrogens with one attached hydrogen (secondary N) is 2. The largest absolute Gasteiger partial charge is 0.355 e. The lowest BCUT2D eigenvalue weighted by atomic mass is 10.2. The predicted octanol–water partition coefficient (Wildman–Crippen LogP) is -0.174. The van der Waals surface area contributed by atoms with Crippen LogP contribution in [0.3, 0.4) is 0 Å². The zero-order valence-corrected chi connectivity index (χ0v) is 9.90. The first-order valence-electron chi connectivity index (χ1n) is 5.56. The van der Waals surface area contributed by atoms with E-state index in [1.807, 2.05) is 0 Å². The summed E-state index contributed by atoms with van der Waals surface area (Å²) >= 11 is 0. The maximum atomic E-state index is 12.1. The van der Waals surface area contributed by atoms with E-state index in [2.05, 4.69) is 10.3 Å². The number of aromatic nitrogens is 2. The maximum absolute atomic E-state index is 12.1. The van der Waals surface area contributed by atoms with E-state index in [0.29, 0.717) is 10.9 Å². The monoisotopic (exact) mass is 247 g/mol. The molecule has 0 fully saturated rings. The molecule has 1 aromatic carbocycles. The van der Waals surface area contributed by atoms with E-state index in [4.69, 9.17) is 0 Å². The lowest BCUT2D eigenvalue weighted by Gasteiger charge is -2.06. The van der Waals surface area contributed by atoms with Crippen LogP contribution in [0.1, 0.15) is 6.92 Å². The molecule has 6 heteroatoms. The van der Waals surface area contributed by atoms with E-state index >= 15 is 0 Å². The Morgan fingerprint density at radius 1 is 1.33 bits per heavy atom. The summed E-state index contributed by atoms with van der Waals surface area (Å²) < 4.78 is 1.08. The molecule has 6 nitrogen and oxygen atoms in total. The van der Waals surface area contributed by atoms with E-state index in [0.717, 1.165) is 4.57 Å². The summed E-state index contributed by atoms with van der Waals surface area (Å²) in [6, 6.07) is 6.82. The minimum Gasteiger partial charge on any atom is -0.355 e. The van der Waals surface area contributed by atoms with Gasteiger partial charge in [-0.05, 0) is 12.1 Å². The van der Waals surface area contributed by atoms with Crippen LogP contribution in [0.5, 0.6) is 0 Å². The minimum absolute atomic E-state index is 0.151. The second-order valence-electron chi connectivity index (χ2n) is 3.92. The van der Waals surface area contributed by atoms with Gasteiger partial charge < -0.3 is 10.3 Å². The summed E-state index contributed by atoms with van der Waals surface area (Å²) in [4.78, 5) is 37.1. The predicted molar refractivity (Wildman–Crippen MR) is 67.5 cm³/mol. The number of nitrogens with zero attached hydrogens (tertiary/aromatic N) is 1. The van der Waals surface area contributed by atoms with Crippen molar-refractivity contribution in [2.45, 2.75) is 13.5 Å². The van der Waals surface area contributed by atoms with Crippen molar-refractivity contribution in [1.82, 2.24) is 14.9 Å². The van der Waals surface area contributed by atoms with E-state index in [-0.39, 0.29) is 24.6 Å². The second kappa shape index (κ2) is 4.87. The van der Waals surface area contributed by atoms with Gasteiger partial charge in [0.05, 0.1) is 10.9 Å². The third kappa shape index (κ3) is 2.32. The molecule has 1 aromatic heterocycles. The number of carbonyl (C=O) groups excluding carboxylic acids is 1. The molecule has 0 saturated heterocycles. The van der Waals surface area contributed by atoms with Crippen LogP contribution in [-0.4, -0.2) is 22.0 Å². The number of aromatic amines is 1. The lowest BCUT2D eigenvalue weighted by molar-refractivity contribution is -0.118. The smallest absolute Gasteiger partial charge is 0.328 e. The molecule has 2 N–H and O–H groups in total. The van der Waals surface area contributed by atoms with Crippen LogP contribution in [0, 0.1) is 0 Å². The van der Waals surface area contributed by atoms with Gasteiger partial charge in [-0.25, -0.2) is 4.79 Å². The standard InChI is InChI=1S/C12H13N3O3/c1-8(16)13-6-7-15-11(17)9-4-2-3-5-10(9)14-12(15)18/h2-5H,6-7H2,1H3,(H,13,16)(H,14,18). The van der Waals surface area contributed by atoms with Crippen LogP contribution >= 0.6 is 0 Å². The Morgan fingerprint density at radius 2 is 2.06 bits per heavy atom. The number of rotatable bonds is 3. The van der Waals surface area contributed by atoms with Crippen LogP contribution < -0.4 is 16.6 Å². The molecule has 18 heavy (non-hydrogen) atoms. The van der Waals surface area contributed by atoms with Crippen LogP contribution in [0.15, 0.2) is 33.9 Å². The van der Waals surface area contributed by atoms with Crippen molar-refractivity contribution in [2.24, 2.45) is 0 Å². The highest BCUT2D eigenvalue weighted by Gasteiger charge is 2.06. The first kappa shape index (κ1) is 12.1. The van der Waals surface area contributed by atoms with Gasteiger partial charge in [0.25, 0.3) is 5.56 Å². The number of amides is 1. The maximum Gasteiger partial charge on any atom is 0.328 e. The number of benzene rings is 1. The summed E-state index contributed by atoms with van der Waals surface area (Å²) in [5.41, 5.74) is -0.299. The third-order valence-electron chi connectivity index (χ3n) is 2.60. The topological polar surface area (TPSA) is 84.0 Å². The quantitative estimate of drug-likeness (QED) is 0.789. The molecule has 94 valence electrons. The fourth-order valence-corrected chi connectivity index (χ4v) is 1.75. The van der Waals surface area contributed by atoms with Crippen molar-refractivity contribution in [3.63, 3.8) is 0 Å². The summed E-state index contributed by atoms with van der Waals surface area (Å²) in [7, 11) is 0. The van der Waals surface area contributed by atoms with E-state index in [1.54, 1.807) is 24.3 Å². The molecule has 0 aliphatic carbocycles. The van der Waals surface area contributed by atoms with Gasteiger partial charge in [-0.2, -0.15) is 0 Å². The van der Waals surface area contributed by atoms with Gasteiger partial charge in [0, 0.05) is 20.0 Å². The Morgan fingerprint density at radius 3 is 2.78 bits per heavy atom. The van der Waals surface area contributed by atoms with Gasteiger partial charge in [-0.3, -0.25) is 14.2 Å². The normalized spacial score (nSPS) is 10.5. The SMILES string of the molecule is CC(=O)NCCn1c(=O)[nH]c2ccccc2c1=O. The van der Waals surface area contributed by atoms with Crippen LogP contribution in [-0.2, 0) is 11.3 Å². The lowest BCUT2D eigenvalue weighted by Crippen LogP contribution is -2.38. The highest BCUT2D eigenvalue weighted by molar-refractivity contribution is 5.76. The molecule has 2 rings (SSSR count). The van der Waals surface area contributed by atoms with Crippen molar-refractivity contribution in [3.8, 4) is 0 Å². The molecule has 0 aliphatic heterocycles. The van der Waals surface area contributed by atoms with Crippen molar-refractivity contribution < 1.29 is 4.79 Å². The zero-order valence-electron chi connectivity index (χ0n) is 9.90. The number of H-pyrrole nitrogens is 1. The molecule has 0 radical (unpaired) electrons. The molecule has 0 unspecified atom stereocenters. The minimum atomic E-state index is -0.468. The average Bonchev–Trinajstić information content (AvgIpc) is 2.33. The molecule has 0 atom stereocenters. The van der Waals surface area contributed by atoms with Crippen LogP contribution in [0.25, 0.3) is 10.9 Å². The highest BCUT2D eigenvalue weighted by Crippen LogP contribution is 2.02. The molecule has 0 aliphatic rings. The molecule has 0 saturated carbocycles. The second-order valence-corrected chi connectivity index (χ2v) is 3.92. The molecule has 2 aromatic rings. The van der Waals surface area contributed by atoms with E-state index in [9.17, 15) is 14.4 Å². The van der Waals surface area contributed by atoms with Gasteiger partial charge in [-0.1, -0.05) is 12.1 Å². The molecular weight excluding hydrogens is 234 g/mol. The van der Waals surface area contributed by atoms with Crippen molar-refractivity contribution in [2.75, 3.05) is 6.54 Å². The van der Waals surface area contributed by atoms with Crippen molar-refractivity contribution in [3.05, 3.63) is 45.1 Å².